The van der Waals surface area contributed by atoms with Crippen molar-refractivity contribution < 1.29 is 33.8 Å². The summed E-state index contributed by atoms with van der Waals surface area (Å²) in [6.07, 6.45) is -0.231. The first-order valence-corrected chi connectivity index (χ1v) is 16.6. The summed E-state index contributed by atoms with van der Waals surface area (Å²) in [5.41, 5.74) is 5.89. The molecule has 11 nitrogen and oxygen atoms in total. The van der Waals surface area contributed by atoms with E-state index in [0.29, 0.717) is 42.2 Å². The number of aromatic nitrogens is 1. The number of anilines is 1. The Morgan fingerprint density at radius 1 is 1.21 bits per heavy atom. The van der Waals surface area contributed by atoms with E-state index < -0.39 is 35.4 Å². The van der Waals surface area contributed by atoms with E-state index in [9.17, 15) is 19.5 Å². The van der Waals surface area contributed by atoms with Gasteiger partial charge in [-0.1, -0.05) is 58.7 Å². The molecular weight excluding hydrogens is 600 g/mol. The average molecular weight is 655 g/mol. The smallest absolute Gasteiger partial charge is 0.316 e. The lowest BCUT2D eigenvalue weighted by atomic mass is 9.70. The van der Waals surface area contributed by atoms with E-state index in [1.807, 2.05) is 41.5 Å². The number of esters is 1. The quantitative estimate of drug-likeness (QED) is 0.107. The molecule has 1 aromatic heterocycles. The molecule has 1 amide bonds. The molecule has 1 saturated heterocycles. The van der Waals surface area contributed by atoms with Crippen LogP contribution in [0.3, 0.4) is 0 Å². The Kier molecular flexibility index (Phi) is 15.2. The number of oxime groups is 1. The van der Waals surface area contributed by atoms with Crippen molar-refractivity contribution in [2.75, 3.05) is 18.9 Å². The largest absolute Gasteiger partial charge is 0.459 e. The SMILES string of the molecule is CC[C@H]1OC(=O)[C@H](C)C(=O)[C@H](C)[C@@H](C)C(C)OC/C(=N/OCC#Cc2cccc(N)n2)CC[C@H]([C@@H](C)C(=NC(C)=O)C(C)C)[C@]1(C)O. The lowest BCUT2D eigenvalue weighted by Crippen LogP contribution is -2.52. The molecule has 0 spiro atoms. The number of aliphatic hydroxyl groups is 1. The van der Waals surface area contributed by atoms with Crippen molar-refractivity contribution in [3.63, 3.8) is 0 Å². The van der Waals surface area contributed by atoms with Gasteiger partial charge < -0.3 is 25.2 Å². The molecular formula is C36H54N4O7. The minimum atomic E-state index is -1.56. The number of Topliss-reactive ketones (excluding diaryl/α,β-unsaturated/α-hetero) is 1. The number of pyridine rings is 1. The summed E-state index contributed by atoms with van der Waals surface area (Å²) in [7, 11) is 0. The topological polar surface area (TPSA) is 163 Å². The van der Waals surface area contributed by atoms with Crippen molar-refractivity contribution in [2.45, 2.75) is 106 Å². The van der Waals surface area contributed by atoms with E-state index in [4.69, 9.17) is 20.0 Å². The maximum absolute atomic E-state index is 13.4. The Labute approximate surface area is 280 Å². The second-order valence-corrected chi connectivity index (χ2v) is 13.2. The van der Waals surface area contributed by atoms with Crippen LogP contribution in [0.2, 0.25) is 0 Å². The van der Waals surface area contributed by atoms with Crippen LogP contribution in [0.1, 0.15) is 94.2 Å². The Morgan fingerprint density at radius 3 is 2.49 bits per heavy atom. The molecule has 1 aliphatic heterocycles. The van der Waals surface area contributed by atoms with E-state index in [1.165, 1.54) is 6.92 Å². The van der Waals surface area contributed by atoms with Crippen molar-refractivity contribution in [1.82, 2.24) is 4.98 Å². The van der Waals surface area contributed by atoms with Crippen LogP contribution in [0, 0.1) is 47.3 Å². The third-order valence-electron chi connectivity index (χ3n) is 9.31. The number of aliphatic imine (C=N–C) groups is 1. The Balaban J connectivity index is 2.55. The lowest BCUT2D eigenvalue weighted by Gasteiger charge is -2.42. The summed E-state index contributed by atoms with van der Waals surface area (Å²) in [4.78, 5) is 52.9. The van der Waals surface area contributed by atoms with Gasteiger partial charge in [0.2, 0.25) is 5.91 Å². The molecule has 3 N–H and O–H groups in total. The van der Waals surface area contributed by atoms with Gasteiger partial charge in [0.05, 0.1) is 18.4 Å². The number of ketones is 1. The number of ether oxygens (including phenoxy) is 2. The standard InChI is InChI=1S/C36H54N4O7/c1-11-31-36(10,44)30(24(6)33(21(2)3)38-27(9)41)18-17-29(40-46-19-13-15-28-14-12-16-32(37)39-28)20-45-26(8)22(4)23(5)34(42)25(7)35(43)47-31/h12,14,16,21-26,30-31,44H,11,17-20H2,1-10H3,(H2,37,39)/b38-33?,40-29+/t22-,23-,24-,25-,26?,30-,31-,36+/m1/s1. The maximum atomic E-state index is 13.4. The fourth-order valence-electron chi connectivity index (χ4n) is 6.12. The number of carbonyl (C=O) groups is 3. The Bertz CT molecular complexity index is 1360. The molecule has 0 aromatic carbocycles. The first-order valence-electron chi connectivity index (χ1n) is 16.6. The van der Waals surface area contributed by atoms with Gasteiger partial charge in [-0.2, -0.15) is 0 Å². The normalized spacial score (nSPS) is 30.0. The summed E-state index contributed by atoms with van der Waals surface area (Å²) < 4.78 is 12.1. The summed E-state index contributed by atoms with van der Waals surface area (Å²) in [6, 6.07) is 5.18. The van der Waals surface area contributed by atoms with E-state index in [0.717, 1.165) is 0 Å². The van der Waals surface area contributed by atoms with E-state index in [-0.39, 0.29) is 48.8 Å². The molecule has 1 unspecified atom stereocenters. The van der Waals surface area contributed by atoms with Crippen LogP contribution in [0.5, 0.6) is 0 Å². The zero-order valence-corrected chi connectivity index (χ0v) is 29.7. The van der Waals surface area contributed by atoms with Gasteiger partial charge in [-0.15, -0.1) is 0 Å². The minimum absolute atomic E-state index is 0.0104. The number of cyclic esters (lactones) is 1. The van der Waals surface area contributed by atoms with Gasteiger partial charge in [-0.05, 0) is 75.8 Å². The van der Waals surface area contributed by atoms with Gasteiger partial charge in [0.25, 0.3) is 0 Å². The second kappa shape index (κ2) is 18.1. The zero-order chi connectivity index (χ0) is 35.5. The fourth-order valence-corrected chi connectivity index (χ4v) is 6.12. The first kappa shape index (κ1) is 39.6. The molecule has 1 aromatic rings. The van der Waals surface area contributed by atoms with Crippen LogP contribution >= 0.6 is 0 Å². The van der Waals surface area contributed by atoms with E-state index in [2.05, 4.69) is 27.0 Å². The molecule has 47 heavy (non-hydrogen) atoms. The number of amides is 1. The molecule has 0 radical (unpaired) electrons. The maximum Gasteiger partial charge on any atom is 0.316 e. The monoisotopic (exact) mass is 654 g/mol. The average Bonchev–Trinajstić information content (AvgIpc) is 3.01. The molecule has 0 bridgehead atoms. The molecule has 1 aliphatic rings. The third kappa shape index (κ3) is 11.2. The fraction of sp³-hybridized carbons (Fsp3) is 0.667. The summed E-state index contributed by atoms with van der Waals surface area (Å²) in [5, 5.41) is 16.6. The second-order valence-electron chi connectivity index (χ2n) is 13.2. The van der Waals surface area contributed by atoms with Crippen LogP contribution < -0.4 is 5.73 Å². The number of hydrogen-bond acceptors (Lipinski definition) is 10. The number of hydrogen-bond donors (Lipinski definition) is 2. The van der Waals surface area contributed by atoms with Crippen molar-refractivity contribution in [1.29, 1.82) is 0 Å². The lowest BCUT2D eigenvalue weighted by molar-refractivity contribution is -0.178. The van der Waals surface area contributed by atoms with Crippen LogP contribution in [0.15, 0.2) is 28.3 Å². The van der Waals surface area contributed by atoms with E-state index in [1.54, 1.807) is 39.0 Å². The van der Waals surface area contributed by atoms with Gasteiger partial charge >= 0.3 is 5.97 Å². The summed E-state index contributed by atoms with van der Waals surface area (Å²) in [5.74, 6) is 2.15. The highest BCUT2D eigenvalue weighted by Crippen LogP contribution is 2.37. The van der Waals surface area contributed by atoms with Gasteiger partial charge in [0, 0.05) is 24.5 Å². The third-order valence-corrected chi connectivity index (χ3v) is 9.31. The van der Waals surface area contributed by atoms with Gasteiger partial charge in [0.1, 0.15) is 34.9 Å². The van der Waals surface area contributed by atoms with Crippen molar-refractivity contribution >= 4 is 34.9 Å². The van der Waals surface area contributed by atoms with Crippen LogP contribution in [-0.4, -0.2) is 70.2 Å². The Hall–Kier alpha value is -3.62. The molecule has 0 aliphatic carbocycles. The number of nitrogens with two attached hydrogens (primary N) is 1. The molecule has 260 valence electrons. The molecule has 2 rings (SSSR count). The van der Waals surface area contributed by atoms with Crippen molar-refractivity contribution in [2.24, 2.45) is 45.7 Å². The predicted octanol–water partition coefficient (Wildman–Crippen LogP) is 5.03. The summed E-state index contributed by atoms with van der Waals surface area (Å²) in [6.45, 7) is 17.9. The van der Waals surface area contributed by atoms with Gasteiger partial charge in [-0.25, -0.2) is 9.98 Å². The van der Waals surface area contributed by atoms with Gasteiger partial charge in [0.15, 0.2) is 6.61 Å². The first-order chi connectivity index (χ1) is 22.0. The molecule has 1 fully saturated rings. The van der Waals surface area contributed by atoms with Crippen LogP contribution in [-0.2, 0) is 28.7 Å². The molecule has 2 heterocycles. The number of rotatable bonds is 6. The number of nitrogens with zero attached hydrogens (tertiary/aromatic N) is 3. The predicted molar refractivity (Wildman–Crippen MR) is 182 cm³/mol. The van der Waals surface area contributed by atoms with Gasteiger partial charge in [-0.3, -0.25) is 14.4 Å². The van der Waals surface area contributed by atoms with Crippen LogP contribution in [0.25, 0.3) is 0 Å². The minimum Gasteiger partial charge on any atom is -0.459 e. The summed E-state index contributed by atoms with van der Waals surface area (Å²) >= 11 is 0. The highest BCUT2D eigenvalue weighted by molar-refractivity contribution is 6.00. The highest BCUT2D eigenvalue weighted by Gasteiger charge is 2.46. The highest BCUT2D eigenvalue weighted by atomic mass is 16.6. The van der Waals surface area contributed by atoms with Crippen LogP contribution in [0.4, 0.5) is 5.82 Å². The molecule has 0 saturated carbocycles. The zero-order valence-electron chi connectivity index (χ0n) is 29.7. The van der Waals surface area contributed by atoms with Crippen molar-refractivity contribution in [3.8, 4) is 11.8 Å². The Morgan fingerprint density at radius 2 is 1.89 bits per heavy atom. The molecule has 11 heteroatoms. The molecule has 8 atom stereocenters. The number of carbonyl (C=O) groups excluding carboxylic acids is 3. The van der Waals surface area contributed by atoms with Crippen molar-refractivity contribution in [3.05, 3.63) is 23.9 Å². The van der Waals surface area contributed by atoms with E-state index >= 15 is 0 Å². The number of nitrogen functional groups attached to an aromatic ring is 1.